The van der Waals surface area contributed by atoms with Crippen molar-refractivity contribution in [2.24, 2.45) is 0 Å². The number of carbonyl (C=O) groups is 2. The van der Waals surface area contributed by atoms with E-state index in [0.717, 1.165) is 5.56 Å². The molecule has 0 atom stereocenters. The van der Waals surface area contributed by atoms with Crippen molar-refractivity contribution in [2.45, 2.75) is 6.54 Å². The molecule has 2 aromatic heterocycles. The Bertz CT molecular complexity index is 1200. The van der Waals surface area contributed by atoms with Crippen LogP contribution in [0.4, 0.5) is 4.39 Å². The summed E-state index contributed by atoms with van der Waals surface area (Å²) in [5.41, 5.74) is 3.41. The molecule has 0 aliphatic rings. The maximum absolute atomic E-state index is 13.0. The van der Waals surface area contributed by atoms with Gasteiger partial charge >= 0.3 is 5.97 Å². The molecule has 0 saturated carbocycles. The fourth-order valence-corrected chi connectivity index (χ4v) is 2.85. The third-order valence-electron chi connectivity index (χ3n) is 4.40. The molecule has 0 spiro atoms. The number of nitrogens with one attached hydrogen (secondary N) is 2. The second-order valence-electron chi connectivity index (χ2n) is 6.37. The van der Waals surface area contributed by atoms with E-state index < -0.39 is 11.9 Å². The molecule has 8 heteroatoms. The quantitative estimate of drug-likeness (QED) is 0.453. The summed E-state index contributed by atoms with van der Waals surface area (Å²) in [6.45, 7) is 0.270. The van der Waals surface area contributed by atoms with Gasteiger partial charge in [0.15, 0.2) is 0 Å². The van der Waals surface area contributed by atoms with Crippen molar-refractivity contribution in [3.63, 3.8) is 0 Å². The Morgan fingerprint density at radius 1 is 1.03 bits per heavy atom. The number of hydrogen-bond acceptors (Lipinski definition) is 4. The molecular weight excluding hydrogens is 375 g/mol. The summed E-state index contributed by atoms with van der Waals surface area (Å²) in [5, 5.41) is 11.7. The highest BCUT2D eigenvalue weighted by molar-refractivity contribution is 5.97. The van der Waals surface area contributed by atoms with Gasteiger partial charge in [0.05, 0.1) is 16.6 Å². The Balaban J connectivity index is 1.49. The van der Waals surface area contributed by atoms with Gasteiger partial charge in [0.1, 0.15) is 5.82 Å². The molecule has 0 saturated heterocycles. The number of carboxylic acid groups (broad SMARTS) is 1. The van der Waals surface area contributed by atoms with Crippen LogP contribution in [-0.4, -0.2) is 31.9 Å². The van der Waals surface area contributed by atoms with Gasteiger partial charge < -0.3 is 15.4 Å². The van der Waals surface area contributed by atoms with Gasteiger partial charge in [0, 0.05) is 23.9 Å². The molecule has 1 amide bonds. The number of aromatic amines is 1. The topological polar surface area (TPSA) is 108 Å². The van der Waals surface area contributed by atoms with E-state index in [1.54, 1.807) is 36.4 Å². The Hall–Kier alpha value is -4.07. The van der Waals surface area contributed by atoms with Gasteiger partial charge in [-0.3, -0.25) is 4.79 Å². The number of hydrogen-bond donors (Lipinski definition) is 3. The number of imidazole rings is 1. The second-order valence-corrected chi connectivity index (χ2v) is 6.37. The first-order chi connectivity index (χ1) is 14.0. The smallest absolute Gasteiger partial charge is 0.335 e. The van der Waals surface area contributed by atoms with E-state index >= 15 is 0 Å². The molecule has 4 aromatic rings. The minimum Gasteiger partial charge on any atom is -0.478 e. The minimum absolute atomic E-state index is 0.192. The highest BCUT2D eigenvalue weighted by Gasteiger charge is 2.11. The molecule has 0 aliphatic carbocycles. The summed E-state index contributed by atoms with van der Waals surface area (Å²) in [6, 6.07) is 14.2. The molecule has 0 bridgehead atoms. The van der Waals surface area contributed by atoms with E-state index in [1.807, 2.05) is 0 Å². The number of carboxylic acids is 1. The molecule has 0 aliphatic heterocycles. The van der Waals surface area contributed by atoms with E-state index in [2.05, 4.69) is 20.3 Å². The number of rotatable bonds is 5. The number of aromatic nitrogens is 3. The van der Waals surface area contributed by atoms with E-state index in [1.165, 1.54) is 24.4 Å². The maximum Gasteiger partial charge on any atom is 0.335 e. The first kappa shape index (κ1) is 18.3. The molecule has 2 heterocycles. The van der Waals surface area contributed by atoms with Crippen LogP contribution in [0.2, 0.25) is 0 Å². The summed E-state index contributed by atoms with van der Waals surface area (Å²) in [5.74, 6) is -1.30. The van der Waals surface area contributed by atoms with Crippen molar-refractivity contribution in [3.8, 4) is 11.4 Å². The molecule has 0 fully saturated rings. The molecule has 144 valence electrons. The predicted molar refractivity (Wildman–Crippen MR) is 104 cm³/mol. The third-order valence-corrected chi connectivity index (χ3v) is 4.40. The fourth-order valence-electron chi connectivity index (χ4n) is 2.85. The Morgan fingerprint density at radius 3 is 2.48 bits per heavy atom. The van der Waals surface area contributed by atoms with Crippen LogP contribution in [0.3, 0.4) is 0 Å². The van der Waals surface area contributed by atoms with E-state index in [0.29, 0.717) is 28.0 Å². The zero-order chi connectivity index (χ0) is 20.4. The predicted octanol–water partition coefficient (Wildman–Crippen LogP) is 3.39. The van der Waals surface area contributed by atoms with Crippen LogP contribution in [0.1, 0.15) is 26.3 Å². The van der Waals surface area contributed by atoms with Gasteiger partial charge in [-0.15, -0.1) is 0 Å². The summed E-state index contributed by atoms with van der Waals surface area (Å²) in [4.78, 5) is 34.5. The molecule has 4 rings (SSSR count). The second kappa shape index (κ2) is 7.51. The first-order valence-electron chi connectivity index (χ1n) is 8.72. The lowest BCUT2D eigenvalue weighted by Gasteiger charge is -2.06. The van der Waals surface area contributed by atoms with Crippen molar-refractivity contribution in [3.05, 3.63) is 83.4 Å². The van der Waals surface area contributed by atoms with Gasteiger partial charge in [-0.2, -0.15) is 4.39 Å². The Morgan fingerprint density at radius 2 is 1.79 bits per heavy atom. The van der Waals surface area contributed by atoms with Gasteiger partial charge in [-0.05, 0) is 48.0 Å². The van der Waals surface area contributed by atoms with Crippen LogP contribution in [0.5, 0.6) is 0 Å². The van der Waals surface area contributed by atoms with Gasteiger partial charge in [-0.25, -0.2) is 14.8 Å². The Kier molecular flexibility index (Phi) is 4.74. The summed E-state index contributed by atoms with van der Waals surface area (Å²) < 4.78 is 13.0. The summed E-state index contributed by atoms with van der Waals surface area (Å²) >= 11 is 0. The normalized spacial score (nSPS) is 10.8. The maximum atomic E-state index is 13.0. The zero-order valence-corrected chi connectivity index (χ0v) is 15.0. The monoisotopic (exact) mass is 390 g/mol. The van der Waals surface area contributed by atoms with Gasteiger partial charge in [0.25, 0.3) is 5.91 Å². The van der Waals surface area contributed by atoms with Gasteiger partial charge in [-0.1, -0.05) is 12.1 Å². The number of H-pyrrole nitrogens is 1. The number of nitrogens with zero attached hydrogens (tertiary/aromatic N) is 2. The fraction of sp³-hybridized carbons (Fsp3) is 0.0476. The number of halogens is 1. The molecule has 29 heavy (non-hydrogen) atoms. The number of carbonyl (C=O) groups excluding carboxylic acids is 1. The van der Waals surface area contributed by atoms with Crippen LogP contribution in [0.25, 0.3) is 22.4 Å². The van der Waals surface area contributed by atoms with Crippen molar-refractivity contribution < 1.29 is 19.1 Å². The lowest BCUT2D eigenvalue weighted by atomic mass is 10.1. The number of amides is 1. The Labute approximate surface area is 164 Å². The molecule has 2 aromatic carbocycles. The van der Waals surface area contributed by atoms with E-state index in [4.69, 9.17) is 5.11 Å². The van der Waals surface area contributed by atoms with Crippen LogP contribution in [-0.2, 0) is 6.54 Å². The lowest BCUT2D eigenvalue weighted by molar-refractivity contribution is 0.0696. The van der Waals surface area contributed by atoms with Crippen LogP contribution >= 0.6 is 0 Å². The van der Waals surface area contributed by atoms with Crippen molar-refractivity contribution in [1.29, 1.82) is 0 Å². The third kappa shape index (κ3) is 3.96. The molecule has 3 N–H and O–H groups in total. The number of pyridine rings is 1. The van der Waals surface area contributed by atoms with Crippen LogP contribution in [0, 0.1) is 5.95 Å². The standard InChI is InChI=1S/C21H15FN4O3/c22-18-8-6-15(11-23-18)19-25-16-7-5-14(9-17(16)26-19)20(27)24-10-12-1-3-13(4-2-12)21(28)29/h1-9,11H,10H2,(H,24,27)(H,25,26)(H,28,29). The minimum atomic E-state index is -0.996. The number of aromatic carboxylic acids is 1. The van der Waals surface area contributed by atoms with Crippen molar-refractivity contribution in [2.75, 3.05) is 0 Å². The average molecular weight is 390 g/mol. The summed E-state index contributed by atoms with van der Waals surface area (Å²) in [6.07, 6.45) is 1.39. The molecule has 7 nitrogen and oxygen atoms in total. The molecule has 0 unspecified atom stereocenters. The average Bonchev–Trinajstić information content (AvgIpc) is 3.16. The van der Waals surface area contributed by atoms with E-state index in [9.17, 15) is 14.0 Å². The SMILES string of the molecule is O=C(O)c1ccc(CNC(=O)c2ccc3nc(-c4ccc(F)nc4)[nH]c3c2)cc1. The van der Waals surface area contributed by atoms with Crippen LogP contribution < -0.4 is 5.32 Å². The molecular formula is C21H15FN4O3. The summed E-state index contributed by atoms with van der Waals surface area (Å²) in [7, 11) is 0. The van der Waals surface area contributed by atoms with Crippen molar-refractivity contribution in [1.82, 2.24) is 20.3 Å². The highest BCUT2D eigenvalue weighted by atomic mass is 19.1. The lowest BCUT2D eigenvalue weighted by Crippen LogP contribution is -2.22. The van der Waals surface area contributed by atoms with Crippen molar-refractivity contribution >= 4 is 22.9 Å². The molecule has 0 radical (unpaired) electrons. The number of benzene rings is 2. The van der Waals surface area contributed by atoms with E-state index in [-0.39, 0.29) is 18.0 Å². The zero-order valence-electron chi connectivity index (χ0n) is 15.0. The largest absolute Gasteiger partial charge is 0.478 e. The number of fused-ring (bicyclic) bond motifs is 1. The first-order valence-corrected chi connectivity index (χ1v) is 8.72. The highest BCUT2D eigenvalue weighted by Crippen LogP contribution is 2.21. The van der Waals surface area contributed by atoms with Gasteiger partial charge in [0.2, 0.25) is 5.95 Å². The van der Waals surface area contributed by atoms with Crippen LogP contribution in [0.15, 0.2) is 60.8 Å².